The van der Waals surface area contributed by atoms with Crippen molar-refractivity contribution < 1.29 is 13.9 Å². The summed E-state index contributed by atoms with van der Waals surface area (Å²) in [6.07, 6.45) is 1.07. The lowest BCUT2D eigenvalue weighted by Crippen LogP contribution is -2.14. The molecule has 2 aromatic carbocycles. The molecule has 0 heterocycles. The zero-order valence-electron chi connectivity index (χ0n) is 14.4. The first kappa shape index (κ1) is 20.0. The zero-order chi connectivity index (χ0) is 18.2. The van der Waals surface area contributed by atoms with Gasteiger partial charge in [-0.2, -0.15) is 0 Å². The molecule has 25 heavy (non-hydrogen) atoms. The molecule has 0 aliphatic rings. The van der Waals surface area contributed by atoms with E-state index in [2.05, 4.69) is 28.2 Å². The van der Waals surface area contributed by atoms with Crippen LogP contribution in [0.5, 0.6) is 11.5 Å². The Bertz CT molecular complexity index is 692. The molecule has 0 aliphatic heterocycles. The third-order valence-corrected chi connectivity index (χ3v) is 4.68. The van der Waals surface area contributed by atoms with Crippen LogP contribution in [0.3, 0.4) is 0 Å². The second-order valence-electron chi connectivity index (χ2n) is 5.49. The Kier molecular flexibility index (Phi) is 8.00. The predicted molar refractivity (Wildman–Crippen MR) is 103 cm³/mol. The minimum Gasteiger partial charge on any atom is -0.490 e. The van der Waals surface area contributed by atoms with Crippen molar-refractivity contribution in [2.75, 3.05) is 13.2 Å². The van der Waals surface area contributed by atoms with Gasteiger partial charge in [0.1, 0.15) is 12.4 Å². The van der Waals surface area contributed by atoms with Crippen molar-refractivity contribution in [3.63, 3.8) is 0 Å². The Morgan fingerprint density at radius 3 is 2.60 bits per heavy atom. The summed E-state index contributed by atoms with van der Waals surface area (Å²) in [6.45, 7) is 6.26. The highest BCUT2D eigenvalue weighted by Crippen LogP contribution is 2.35. The predicted octanol–water partition coefficient (Wildman–Crippen LogP) is 5.72. The fraction of sp³-hybridized carbons (Fsp3) is 0.368. The lowest BCUT2D eigenvalue weighted by Gasteiger charge is -2.16. The van der Waals surface area contributed by atoms with Gasteiger partial charge in [-0.15, -0.1) is 0 Å². The van der Waals surface area contributed by atoms with Crippen molar-refractivity contribution in [2.24, 2.45) is 0 Å². The van der Waals surface area contributed by atoms with Gasteiger partial charge in [0.25, 0.3) is 0 Å². The molecule has 0 saturated heterocycles. The normalized spacial score (nSPS) is 10.8. The summed E-state index contributed by atoms with van der Waals surface area (Å²) in [6, 6.07) is 8.37. The first-order chi connectivity index (χ1) is 12.1. The molecule has 1 N–H and O–H groups in total. The molecule has 0 unspecified atom stereocenters. The largest absolute Gasteiger partial charge is 0.490 e. The van der Waals surface area contributed by atoms with Crippen LogP contribution in [-0.2, 0) is 13.2 Å². The maximum atomic E-state index is 13.9. The van der Waals surface area contributed by atoms with Crippen LogP contribution < -0.4 is 14.8 Å². The smallest absolute Gasteiger partial charge is 0.162 e. The Balaban J connectivity index is 2.19. The second kappa shape index (κ2) is 10.00. The van der Waals surface area contributed by atoms with Gasteiger partial charge in [0, 0.05) is 16.6 Å². The fourth-order valence-electron chi connectivity index (χ4n) is 2.31. The van der Waals surface area contributed by atoms with Crippen LogP contribution in [0, 0.1) is 5.82 Å². The lowest BCUT2D eigenvalue weighted by atomic mass is 10.2. The Hall–Kier alpha value is -1.30. The molecule has 0 bridgehead atoms. The first-order valence-electron chi connectivity index (χ1n) is 8.28. The van der Waals surface area contributed by atoms with Gasteiger partial charge in [0.05, 0.1) is 11.6 Å². The number of ether oxygens (including phenoxy) is 2. The van der Waals surface area contributed by atoms with Gasteiger partial charge < -0.3 is 14.8 Å². The highest BCUT2D eigenvalue weighted by molar-refractivity contribution is 9.10. The monoisotopic (exact) mass is 429 g/mol. The zero-order valence-corrected chi connectivity index (χ0v) is 16.7. The molecule has 0 aromatic heterocycles. The number of halogens is 3. The molecule has 0 radical (unpaired) electrons. The third-order valence-electron chi connectivity index (χ3n) is 3.59. The van der Waals surface area contributed by atoms with Gasteiger partial charge >= 0.3 is 0 Å². The molecule has 0 fully saturated rings. The highest BCUT2D eigenvalue weighted by atomic mass is 79.9. The minimum absolute atomic E-state index is 0.0332. The van der Waals surface area contributed by atoms with Crippen molar-refractivity contribution in [3.05, 3.63) is 56.8 Å². The maximum absolute atomic E-state index is 13.9. The standard InChI is InChI=1S/C19H22BrClFNO2/c1-3-8-23-11-13-9-18(24-4-2)19(10-15(13)20)25-12-14-16(21)6-5-7-17(14)22/h5-7,9-10,23H,3-4,8,11-12H2,1-2H3. The quantitative estimate of drug-likeness (QED) is 0.516. The molecule has 0 atom stereocenters. The van der Waals surface area contributed by atoms with Crippen LogP contribution in [0.4, 0.5) is 4.39 Å². The van der Waals surface area contributed by atoms with E-state index >= 15 is 0 Å². The highest BCUT2D eigenvalue weighted by Gasteiger charge is 2.13. The van der Waals surface area contributed by atoms with E-state index in [-0.39, 0.29) is 12.4 Å². The number of hydrogen-bond donors (Lipinski definition) is 1. The van der Waals surface area contributed by atoms with Crippen LogP contribution in [-0.4, -0.2) is 13.2 Å². The molecular formula is C19H22BrClFNO2. The molecule has 0 spiro atoms. The van der Waals surface area contributed by atoms with Crippen LogP contribution in [0.1, 0.15) is 31.4 Å². The summed E-state index contributed by atoms with van der Waals surface area (Å²) in [5.74, 6) is 0.795. The number of hydrogen-bond acceptors (Lipinski definition) is 3. The summed E-state index contributed by atoms with van der Waals surface area (Å²) >= 11 is 9.62. The van der Waals surface area contributed by atoms with Gasteiger partial charge in [0.2, 0.25) is 0 Å². The number of benzene rings is 2. The molecule has 2 rings (SSSR count). The van der Waals surface area contributed by atoms with E-state index in [9.17, 15) is 4.39 Å². The number of nitrogens with one attached hydrogen (secondary N) is 1. The van der Waals surface area contributed by atoms with E-state index in [1.165, 1.54) is 6.07 Å². The van der Waals surface area contributed by atoms with Crippen LogP contribution in [0.25, 0.3) is 0 Å². The van der Waals surface area contributed by atoms with E-state index in [4.69, 9.17) is 21.1 Å². The van der Waals surface area contributed by atoms with Gasteiger partial charge in [-0.1, -0.05) is 40.5 Å². The van der Waals surface area contributed by atoms with Crippen molar-refractivity contribution in [1.29, 1.82) is 0 Å². The topological polar surface area (TPSA) is 30.5 Å². The van der Waals surface area contributed by atoms with Crippen LogP contribution >= 0.6 is 27.5 Å². The molecule has 0 saturated carbocycles. The molecule has 0 amide bonds. The van der Waals surface area contributed by atoms with Crippen molar-refractivity contribution in [1.82, 2.24) is 5.32 Å². The molecule has 0 aliphatic carbocycles. The van der Waals surface area contributed by atoms with E-state index in [1.54, 1.807) is 12.1 Å². The van der Waals surface area contributed by atoms with Crippen molar-refractivity contribution in [3.8, 4) is 11.5 Å². The van der Waals surface area contributed by atoms with E-state index in [1.807, 2.05) is 19.1 Å². The average molecular weight is 431 g/mol. The summed E-state index contributed by atoms with van der Waals surface area (Å²) in [5, 5.41) is 3.71. The minimum atomic E-state index is -0.384. The summed E-state index contributed by atoms with van der Waals surface area (Å²) in [7, 11) is 0. The summed E-state index contributed by atoms with van der Waals surface area (Å²) in [5.41, 5.74) is 1.41. The van der Waals surface area contributed by atoms with Crippen LogP contribution in [0.2, 0.25) is 5.02 Å². The van der Waals surface area contributed by atoms with E-state index < -0.39 is 0 Å². The van der Waals surface area contributed by atoms with Gasteiger partial charge in [-0.05, 0) is 49.7 Å². The SMILES string of the molecule is CCCNCc1cc(OCC)c(OCc2c(F)cccc2Cl)cc1Br. The van der Waals surface area contributed by atoms with Gasteiger partial charge in [-0.3, -0.25) is 0 Å². The fourth-order valence-corrected chi connectivity index (χ4v) is 2.99. The van der Waals surface area contributed by atoms with Gasteiger partial charge in [-0.25, -0.2) is 4.39 Å². The second-order valence-corrected chi connectivity index (χ2v) is 6.75. The Labute approximate surface area is 161 Å². The molecule has 2 aromatic rings. The van der Waals surface area contributed by atoms with Crippen LogP contribution in [0.15, 0.2) is 34.8 Å². The average Bonchev–Trinajstić information content (AvgIpc) is 2.58. The Morgan fingerprint density at radius 2 is 1.92 bits per heavy atom. The summed E-state index contributed by atoms with van der Waals surface area (Å²) < 4.78 is 26.3. The first-order valence-corrected chi connectivity index (χ1v) is 9.45. The summed E-state index contributed by atoms with van der Waals surface area (Å²) in [4.78, 5) is 0. The maximum Gasteiger partial charge on any atom is 0.162 e. The molecule has 6 heteroatoms. The van der Waals surface area contributed by atoms with E-state index in [0.29, 0.717) is 28.7 Å². The number of rotatable bonds is 9. The molecule has 136 valence electrons. The van der Waals surface area contributed by atoms with Crippen molar-refractivity contribution in [2.45, 2.75) is 33.4 Å². The third kappa shape index (κ3) is 5.59. The Morgan fingerprint density at radius 1 is 1.16 bits per heavy atom. The van der Waals surface area contributed by atoms with Crippen molar-refractivity contribution >= 4 is 27.5 Å². The molecular weight excluding hydrogens is 409 g/mol. The van der Waals surface area contributed by atoms with Gasteiger partial charge in [0.15, 0.2) is 11.5 Å². The molecule has 3 nitrogen and oxygen atoms in total. The van der Waals surface area contributed by atoms with E-state index in [0.717, 1.165) is 29.5 Å². The lowest BCUT2D eigenvalue weighted by molar-refractivity contribution is 0.265.